The van der Waals surface area contributed by atoms with Crippen molar-refractivity contribution in [2.24, 2.45) is 0 Å². The van der Waals surface area contributed by atoms with Crippen molar-refractivity contribution in [1.29, 1.82) is 0 Å². The topological polar surface area (TPSA) is 188 Å². The minimum atomic E-state index is -1.06. The monoisotopic (exact) mass is 470 g/mol. The number of aliphatic hydroxyl groups is 1. The summed E-state index contributed by atoms with van der Waals surface area (Å²) in [5.74, 6) is -2.15. The molecule has 1 aliphatic heterocycles. The van der Waals surface area contributed by atoms with Gasteiger partial charge in [-0.1, -0.05) is 12.1 Å². The number of carboxylic acids is 1. The van der Waals surface area contributed by atoms with Crippen LogP contribution in [0.4, 0.5) is 0 Å². The summed E-state index contributed by atoms with van der Waals surface area (Å²) in [5.41, 5.74) is 1.41. The SMILES string of the molecule is O=C(O)/C=C/c1ccc(O)c(O)c1.Oc1cc(O)c2c(c1)O[C@H](c1ccc(O)c(O)c1)[C@@H](O)C2. The van der Waals surface area contributed by atoms with E-state index in [-0.39, 0.29) is 46.7 Å². The maximum Gasteiger partial charge on any atom is 0.328 e. The third-order valence-electron chi connectivity index (χ3n) is 4.93. The van der Waals surface area contributed by atoms with Gasteiger partial charge in [0.1, 0.15) is 23.4 Å². The van der Waals surface area contributed by atoms with Crippen molar-refractivity contribution in [2.45, 2.75) is 18.6 Å². The summed E-state index contributed by atoms with van der Waals surface area (Å²) in [6.07, 6.45) is 0.711. The Morgan fingerprint density at radius 3 is 2.09 bits per heavy atom. The molecule has 0 unspecified atom stereocenters. The second-order valence-electron chi connectivity index (χ2n) is 7.42. The minimum Gasteiger partial charge on any atom is -0.508 e. The predicted octanol–water partition coefficient (Wildman–Crippen LogP) is 2.74. The largest absolute Gasteiger partial charge is 0.508 e. The minimum absolute atomic E-state index is 0.143. The predicted molar refractivity (Wildman–Crippen MR) is 119 cm³/mol. The quantitative estimate of drug-likeness (QED) is 0.209. The molecule has 1 heterocycles. The maximum atomic E-state index is 10.2. The highest BCUT2D eigenvalue weighted by Gasteiger charge is 2.32. The number of ether oxygens (including phenoxy) is 1. The van der Waals surface area contributed by atoms with Gasteiger partial charge in [-0.25, -0.2) is 4.79 Å². The van der Waals surface area contributed by atoms with Crippen LogP contribution >= 0.6 is 0 Å². The summed E-state index contributed by atoms with van der Waals surface area (Å²) < 4.78 is 5.62. The molecule has 2 atom stereocenters. The first-order chi connectivity index (χ1) is 16.0. The molecule has 0 saturated heterocycles. The number of phenols is 6. The van der Waals surface area contributed by atoms with Crippen molar-refractivity contribution in [3.8, 4) is 40.2 Å². The molecule has 4 rings (SSSR count). The van der Waals surface area contributed by atoms with E-state index >= 15 is 0 Å². The average Bonchev–Trinajstić information content (AvgIpc) is 2.77. The lowest BCUT2D eigenvalue weighted by Crippen LogP contribution is -2.30. The molecule has 178 valence electrons. The smallest absolute Gasteiger partial charge is 0.328 e. The first-order valence-corrected chi connectivity index (χ1v) is 9.89. The van der Waals surface area contributed by atoms with Crippen molar-refractivity contribution in [1.82, 2.24) is 0 Å². The summed E-state index contributed by atoms with van der Waals surface area (Å²) in [7, 11) is 0. The molecule has 0 bridgehead atoms. The van der Waals surface area contributed by atoms with E-state index in [1.807, 2.05) is 0 Å². The van der Waals surface area contributed by atoms with Crippen LogP contribution in [0.5, 0.6) is 40.2 Å². The van der Waals surface area contributed by atoms with E-state index in [2.05, 4.69) is 0 Å². The van der Waals surface area contributed by atoms with E-state index < -0.39 is 18.2 Å². The van der Waals surface area contributed by atoms with Crippen molar-refractivity contribution >= 4 is 12.0 Å². The number of carbonyl (C=O) groups is 1. The standard InChI is InChI=1S/C15H14O6.C9H8O4/c16-8-4-11(18)9-6-13(20)15(21-14(9)5-8)7-1-2-10(17)12(19)3-7;10-7-3-1-6(5-8(7)11)2-4-9(12)13/h1-5,13,15-20H,6H2;1-5,10-11H,(H,12,13)/b;4-2+/t13-,15+;/m0./s1. The van der Waals surface area contributed by atoms with Crippen LogP contribution in [0.1, 0.15) is 22.8 Å². The Hall–Kier alpha value is -4.57. The normalized spacial score (nSPS) is 16.7. The van der Waals surface area contributed by atoms with Crippen LogP contribution in [-0.2, 0) is 11.2 Å². The van der Waals surface area contributed by atoms with Crippen molar-refractivity contribution in [2.75, 3.05) is 0 Å². The van der Waals surface area contributed by atoms with Crippen molar-refractivity contribution in [3.63, 3.8) is 0 Å². The molecule has 0 saturated carbocycles. The van der Waals surface area contributed by atoms with E-state index in [4.69, 9.17) is 20.1 Å². The zero-order valence-electron chi connectivity index (χ0n) is 17.5. The lowest BCUT2D eigenvalue weighted by atomic mass is 9.94. The molecular formula is C24H22O10. The van der Waals surface area contributed by atoms with Crippen LogP contribution in [0, 0.1) is 0 Å². The van der Waals surface area contributed by atoms with Crippen molar-refractivity contribution < 1.29 is 50.4 Å². The Kier molecular flexibility index (Phi) is 7.03. The van der Waals surface area contributed by atoms with Crippen LogP contribution < -0.4 is 4.74 Å². The Morgan fingerprint density at radius 2 is 1.47 bits per heavy atom. The van der Waals surface area contributed by atoms with E-state index in [1.165, 1.54) is 54.6 Å². The van der Waals surface area contributed by atoms with E-state index in [1.54, 1.807) is 0 Å². The lowest BCUT2D eigenvalue weighted by molar-refractivity contribution is -0.131. The zero-order valence-corrected chi connectivity index (χ0v) is 17.5. The van der Waals surface area contributed by atoms with Crippen LogP contribution in [0.3, 0.4) is 0 Å². The molecule has 3 aromatic carbocycles. The number of rotatable bonds is 3. The Labute approximate surface area is 193 Å². The average molecular weight is 470 g/mol. The highest BCUT2D eigenvalue weighted by atomic mass is 16.5. The first-order valence-electron chi connectivity index (χ1n) is 9.89. The lowest BCUT2D eigenvalue weighted by Gasteiger charge is -2.31. The molecule has 3 aromatic rings. The Morgan fingerprint density at radius 1 is 0.824 bits per heavy atom. The fourth-order valence-electron chi connectivity index (χ4n) is 3.28. The highest BCUT2D eigenvalue weighted by molar-refractivity contribution is 5.85. The maximum absolute atomic E-state index is 10.2. The third-order valence-corrected chi connectivity index (χ3v) is 4.93. The van der Waals surface area contributed by atoms with Gasteiger partial charge in [0.2, 0.25) is 0 Å². The fraction of sp³-hybridized carbons (Fsp3) is 0.125. The van der Waals surface area contributed by atoms with Gasteiger partial charge in [-0.3, -0.25) is 0 Å². The Balaban J connectivity index is 0.000000215. The Bertz CT molecular complexity index is 1230. The number of aliphatic carboxylic acids is 1. The number of aliphatic hydroxyl groups excluding tert-OH is 1. The second kappa shape index (κ2) is 9.92. The molecule has 10 heteroatoms. The van der Waals surface area contributed by atoms with Gasteiger partial charge in [0.25, 0.3) is 0 Å². The van der Waals surface area contributed by atoms with E-state index in [0.29, 0.717) is 16.7 Å². The first kappa shape index (κ1) is 24.1. The highest BCUT2D eigenvalue weighted by Crippen LogP contribution is 2.42. The van der Waals surface area contributed by atoms with Gasteiger partial charge in [-0.15, -0.1) is 0 Å². The van der Waals surface area contributed by atoms with E-state index in [9.17, 15) is 30.3 Å². The second-order valence-corrected chi connectivity index (χ2v) is 7.42. The van der Waals surface area contributed by atoms with Gasteiger partial charge in [0.15, 0.2) is 23.0 Å². The number of carboxylic acid groups (broad SMARTS) is 1. The number of aromatic hydroxyl groups is 6. The number of phenolic OH excluding ortho intramolecular Hbond substituents is 6. The van der Waals surface area contributed by atoms with Crippen LogP contribution in [0.25, 0.3) is 6.08 Å². The number of fused-ring (bicyclic) bond motifs is 1. The van der Waals surface area contributed by atoms with Gasteiger partial charge >= 0.3 is 5.97 Å². The summed E-state index contributed by atoms with van der Waals surface area (Å²) >= 11 is 0. The number of benzene rings is 3. The molecule has 0 fully saturated rings. The number of hydrogen-bond acceptors (Lipinski definition) is 9. The molecule has 0 aromatic heterocycles. The van der Waals surface area contributed by atoms with Gasteiger partial charge in [-0.2, -0.15) is 0 Å². The summed E-state index contributed by atoms with van der Waals surface area (Å²) in [6.45, 7) is 0. The molecule has 10 nitrogen and oxygen atoms in total. The van der Waals surface area contributed by atoms with E-state index in [0.717, 1.165) is 6.08 Å². The van der Waals surface area contributed by atoms with Crippen molar-refractivity contribution in [3.05, 3.63) is 71.3 Å². The van der Waals surface area contributed by atoms with Gasteiger partial charge in [-0.05, 0) is 41.5 Å². The molecular weight excluding hydrogens is 448 g/mol. The molecule has 0 aliphatic carbocycles. The van der Waals surface area contributed by atoms with Gasteiger partial charge in [0, 0.05) is 30.2 Å². The summed E-state index contributed by atoms with van der Waals surface area (Å²) in [5, 5.41) is 74.6. The fourth-order valence-corrected chi connectivity index (χ4v) is 3.28. The number of hydrogen-bond donors (Lipinski definition) is 8. The molecule has 1 aliphatic rings. The summed E-state index contributed by atoms with van der Waals surface area (Å²) in [4.78, 5) is 10.1. The van der Waals surface area contributed by atoms with Crippen LogP contribution in [0.2, 0.25) is 0 Å². The molecule has 0 spiro atoms. The van der Waals surface area contributed by atoms with Gasteiger partial charge in [0.05, 0.1) is 6.10 Å². The molecule has 34 heavy (non-hydrogen) atoms. The third kappa shape index (κ3) is 5.61. The molecule has 8 N–H and O–H groups in total. The van der Waals surface area contributed by atoms with Crippen LogP contribution in [-0.4, -0.2) is 52.9 Å². The molecule has 0 amide bonds. The van der Waals surface area contributed by atoms with Gasteiger partial charge < -0.3 is 45.6 Å². The molecule has 0 radical (unpaired) electrons. The zero-order chi connectivity index (χ0) is 25.0. The summed E-state index contributed by atoms with van der Waals surface area (Å²) in [6, 6.07) is 10.7. The van der Waals surface area contributed by atoms with Crippen LogP contribution in [0.15, 0.2) is 54.6 Å².